The van der Waals surface area contributed by atoms with Gasteiger partial charge in [0.15, 0.2) is 5.78 Å². The van der Waals surface area contributed by atoms with E-state index < -0.39 is 0 Å². The van der Waals surface area contributed by atoms with E-state index in [4.69, 9.17) is 0 Å². The third kappa shape index (κ3) is 2.35. The summed E-state index contributed by atoms with van der Waals surface area (Å²) in [6, 6.07) is 0.678. The molecular weight excluding hydrogens is 174 g/mol. The Bertz CT molecular complexity index is 210. The number of Topliss-reactive ketones (excluding diaryl/α,β-unsaturated/α-hetero) is 1. The van der Waals surface area contributed by atoms with Gasteiger partial charge in [0, 0.05) is 18.5 Å². The first-order valence-corrected chi connectivity index (χ1v) is 5.73. The molecular formula is C12H23NO. The molecule has 1 saturated heterocycles. The Labute approximate surface area is 87.7 Å². The lowest BCUT2D eigenvalue weighted by Crippen LogP contribution is -2.42. The molecule has 2 heteroatoms. The number of hydrogen-bond donors (Lipinski definition) is 0. The van der Waals surface area contributed by atoms with Gasteiger partial charge in [-0.1, -0.05) is 20.8 Å². The number of ketones is 1. The van der Waals surface area contributed by atoms with Gasteiger partial charge in [-0.15, -0.1) is 0 Å². The summed E-state index contributed by atoms with van der Waals surface area (Å²) < 4.78 is 0. The smallest absolute Gasteiger partial charge is 0.152 e. The molecule has 0 bridgehead atoms. The van der Waals surface area contributed by atoms with E-state index in [0.717, 1.165) is 13.0 Å². The summed E-state index contributed by atoms with van der Waals surface area (Å²) >= 11 is 0. The predicted molar refractivity (Wildman–Crippen MR) is 59.3 cm³/mol. The van der Waals surface area contributed by atoms with Crippen LogP contribution in [0.4, 0.5) is 0 Å². The van der Waals surface area contributed by atoms with Gasteiger partial charge in [0.2, 0.25) is 0 Å². The van der Waals surface area contributed by atoms with E-state index in [9.17, 15) is 4.79 Å². The number of nitrogens with zero attached hydrogens (tertiary/aromatic N) is 1. The summed E-state index contributed by atoms with van der Waals surface area (Å²) in [5.74, 6) is 1.26. The van der Waals surface area contributed by atoms with Crippen LogP contribution in [0.1, 0.15) is 41.0 Å². The zero-order valence-corrected chi connectivity index (χ0v) is 10.1. The van der Waals surface area contributed by atoms with Crippen LogP contribution in [0.3, 0.4) is 0 Å². The van der Waals surface area contributed by atoms with E-state index >= 15 is 0 Å². The second-order valence-corrected chi connectivity index (χ2v) is 5.20. The largest absolute Gasteiger partial charge is 0.298 e. The van der Waals surface area contributed by atoms with Crippen LogP contribution in [0.25, 0.3) is 0 Å². The first kappa shape index (κ1) is 11.7. The van der Waals surface area contributed by atoms with E-state index in [2.05, 4.69) is 25.7 Å². The highest BCUT2D eigenvalue weighted by Gasteiger charge is 2.36. The van der Waals surface area contributed by atoms with Crippen LogP contribution < -0.4 is 0 Å². The summed E-state index contributed by atoms with van der Waals surface area (Å²) in [4.78, 5) is 14.3. The molecule has 1 aliphatic heterocycles. The van der Waals surface area contributed by atoms with Crippen LogP contribution in [-0.4, -0.2) is 29.3 Å². The van der Waals surface area contributed by atoms with Gasteiger partial charge < -0.3 is 0 Å². The second kappa shape index (κ2) is 4.43. The molecule has 0 aromatic heterocycles. The fourth-order valence-corrected chi connectivity index (χ4v) is 2.31. The molecule has 0 spiro atoms. The van der Waals surface area contributed by atoms with E-state index in [1.807, 2.05) is 13.8 Å². The molecule has 1 aliphatic rings. The summed E-state index contributed by atoms with van der Waals surface area (Å²) in [5, 5.41) is 0. The van der Waals surface area contributed by atoms with Crippen LogP contribution in [0.2, 0.25) is 0 Å². The fourth-order valence-electron chi connectivity index (χ4n) is 2.31. The topological polar surface area (TPSA) is 20.3 Å². The van der Waals surface area contributed by atoms with E-state index in [1.54, 1.807) is 0 Å². The van der Waals surface area contributed by atoms with Crippen molar-refractivity contribution in [1.29, 1.82) is 0 Å². The summed E-state index contributed by atoms with van der Waals surface area (Å²) in [7, 11) is 0. The summed E-state index contributed by atoms with van der Waals surface area (Å²) in [5.41, 5.74) is 0. The van der Waals surface area contributed by atoms with Crippen molar-refractivity contribution in [2.24, 2.45) is 11.8 Å². The number of carbonyl (C=O) groups is 1. The molecule has 14 heavy (non-hydrogen) atoms. The van der Waals surface area contributed by atoms with E-state index in [0.29, 0.717) is 17.7 Å². The lowest BCUT2D eigenvalue weighted by atomic mass is 9.97. The molecule has 1 rings (SSSR count). The Balaban J connectivity index is 2.71. The quantitative estimate of drug-likeness (QED) is 0.692. The van der Waals surface area contributed by atoms with E-state index in [1.165, 1.54) is 0 Å². The van der Waals surface area contributed by atoms with Gasteiger partial charge in [-0.25, -0.2) is 0 Å². The van der Waals surface area contributed by atoms with E-state index in [-0.39, 0.29) is 12.0 Å². The van der Waals surface area contributed by atoms with Crippen LogP contribution in [-0.2, 0) is 4.79 Å². The molecule has 0 N–H and O–H groups in total. The zero-order chi connectivity index (χ0) is 10.9. The summed E-state index contributed by atoms with van der Waals surface area (Å²) in [6.07, 6.45) is 1.05. The van der Waals surface area contributed by atoms with Gasteiger partial charge >= 0.3 is 0 Å². The molecule has 1 heterocycles. The van der Waals surface area contributed by atoms with Gasteiger partial charge in [-0.05, 0) is 26.2 Å². The maximum Gasteiger partial charge on any atom is 0.152 e. The average molecular weight is 197 g/mol. The Morgan fingerprint density at radius 2 is 1.86 bits per heavy atom. The van der Waals surface area contributed by atoms with Gasteiger partial charge in [0.25, 0.3) is 0 Å². The van der Waals surface area contributed by atoms with Crippen LogP contribution in [0, 0.1) is 11.8 Å². The van der Waals surface area contributed by atoms with Crippen LogP contribution in [0.5, 0.6) is 0 Å². The maximum absolute atomic E-state index is 12.0. The molecule has 0 saturated carbocycles. The number of rotatable bonds is 3. The van der Waals surface area contributed by atoms with Crippen LogP contribution >= 0.6 is 0 Å². The minimum Gasteiger partial charge on any atom is -0.298 e. The molecule has 82 valence electrons. The third-order valence-corrected chi connectivity index (χ3v) is 3.11. The molecule has 2 atom stereocenters. The van der Waals surface area contributed by atoms with Gasteiger partial charge in [-0.3, -0.25) is 9.69 Å². The third-order valence-electron chi connectivity index (χ3n) is 3.11. The first-order chi connectivity index (χ1) is 6.43. The Hall–Kier alpha value is -0.370. The molecule has 0 radical (unpaired) electrons. The second-order valence-electron chi connectivity index (χ2n) is 5.20. The molecule has 0 amide bonds. The summed E-state index contributed by atoms with van der Waals surface area (Å²) in [6.45, 7) is 11.7. The molecule has 2 nitrogen and oxygen atoms in total. The number of carbonyl (C=O) groups excluding carboxylic acids is 1. The average Bonchev–Trinajstić information content (AvgIpc) is 2.45. The zero-order valence-electron chi connectivity index (χ0n) is 10.1. The number of hydrogen-bond acceptors (Lipinski definition) is 2. The normalized spacial score (nSPS) is 29.1. The Kier molecular flexibility index (Phi) is 3.71. The molecule has 0 aromatic rings. The fraction of sp³-hybridized carbons (Fsp3) is 0.917. The Morgan fingerprint density at radius 1 is 1.29 bits per heavy atom. The highest BCUT2D eigenvalue weighted by atomic mass is 16.1. The number of likely N-dealkylation sites (tertiary alicyclic amines) is 1. The highest BCUT2D eigenvalue weighted by molar-refractivity contribution is 5.86. The van der Waals surface area contributed by atoms with Crippen molar-refractivity contribution in [3.8, 4) is 0 Å². The van der Waals surface area contributed by atoms with Crippen molar-refractivity contribution in [3.05, 3.63) is 0 Å². The lowest BCUT2D eigenvalue weighted by molar-refractivity contribution is -0.126. The predicted octanol–water partition coefficient (Wildman–Crippen LogP) is 2.33. The van der Waals surface area contributed by atoms with Crippen molar-refractivity contribution in [2.75, 3.05) is 6.54 Å². The van der Waals surface area contributed by atoms with Crippen molar-refractivity contribution < 1.29 is 4.79 Å². The lowest BCUT2D eigenvalue weighted by Gasteiger charge is -2.28. The molecule has 1 fully saturated rings. The maximum atomic E-state index is 12.0. The molecule has 0 aliphatic carbocycles. The van der Waals surface area contributed by atoms with Crippen LogP contribution in [0.15, 0.2) is 0 Å². The van der Waals surface area contributed by atoms with Gasteiger partial charge in [-0.2, -0.15) is 0 Å². The van der Waals surface area contributed by atoms with Crippen molar-refractivity contribution in [3.63, 3.8) is 0 Å². The molecule has 0 aromatic carbocycles. The van der Waals surface area contributed by atoms with Crippen molar-refractivity contribution >= 4 is 5.78 Å². The van der Waals surface area contributed by atoms with Gasteiger partial charge in [0.1, 0.15) is 0 Å². The van der Waals surface area contributed by atoms with Gasteiger partial charge in [0.05, 0.1) is 6.04 Å². The van der Waals surface area contributed by atoms with Crippen molar-refractivity contribution in [2.45, 2.75) is 53.1 Å². The van der Waals surface area contributed by atoms with Crippen molar-refractivity contribution in [1.82, 2.24) is 4.90 Å². The standard InChI is InChI=1S/C12H23NO/c1-8(2)12(14)11-6-10(5)7-13(11)9(3)4/h8-11H,6-7H2,1-5H3/t10-,11?/m0/s1. The SMILES string of the molecule is CC(C)C(=O)C1C[C@H](C)CN1C(C)C. The monoisotopic (exact) mass is 197 g/mol. The highest BCUT2D eigenvalue weighted by Crippen LogP contribution is 2.27. The minimum absolute atomic E-state index is 0.173. The molecule has 1 unspecified atom stereocenters. The first-order valence-electron chi connectivity index (χ1n) is 5.73. The Morgan fingerprint density at radius 3 is 2.29 bits per heavy atom. The minimum atomic E-state index is 0.173.